The van der Waals surface area contributed by atoms with Gasteiger partial charge in [-0.25, -0.2) is 4.39 Å². The highest BCUT2D eigenvalue weighted by Crippen LogP contribution is 2.19. The minimum absolute atomic E-state index is 0.260. The summed E-state index contributed by atoms with van der Waals surface area (Å²) in [4.78, 5) is 0. The molecule has 1 N–H and O–H groups in total. The van der Waals surface area contributed by atoms with Crippen molar-refractivity contribution in [3.05, 3.63) is 29.6 Å². The second kappa shape index (κ2) is 6.60. The zero-order valence-electron chi connectivity index (χ0n) is 11.1. The molecule has 0 aromatic heterocycles. The summed E-state index contributed by atoms with van der Waals surface area (Å²) >= 11 is 0. The van der Waals surface area contributed by atoms with Crippen LogP contribution in [-0.2, 0) is 0 Å². The second-order valence-electron chi connectivity index (χ2n) is 4.72. The van der Waals surface area contributed by atoms with Crippen molar-refractivity contribution in [3.8, 4) is 5.75 Å². The number of benzene rings is 1. The summed E-state index contributed by atoms with van der Waals surface area (Å²) in [6.07, 6.45) is 0. The first-order chi connectivity index (χ1) is 8.02. The van der Waals surface area contributed by atoms with E-state index < -0.39 is 0 Å². The standard InChI is InChI=1S/C14H22FNO/c1-10(2)12(4)16-8-9-17-13-7-5-6-11(3)14(13)15/h5-7,10,12,16H,8-9H2,1-4H3. The first kappa shape index (κ1) is 14.0. The molecule has 1 aromatic rings. The smallest absolute Gasteiger partial charge is 0.167 e. The predicted molar refractivity (Wildman–Crippen MR) is 68.9 cm³/mol. The molecule has 0 amide bonds. The first-order valence-corrected chi connectivity index (χ1v) is 6.13. The summed E-state index contributed by atoms with van der Waals surface area (Å²) in [5.74, 6) is 0.666. The number of hydrogen-bond acceptors (Lipinski definition) is 2. The van der Waals surface area contributed by atoms with Crippen molar-refractivity contribution >= 4 is 0 Å². The van der Waals surface area contributed by atoms with Gasteiger partial charge >= 0.3 is 0 Å². The van der Waals surface area contributed by atoms with Gasteiger partial charge in [0.15, 0.2) is 11.6 Å². The fourth-order valence-electron chi connectivity index (χ4n) is 1.42. The molecule has 1 unspecified atom stereocenters. The van der Waals surface area contributed by atoms with Gasteiger partial charge in [0.1, 0.15) is 6.61 Å². The van der Waals surface area contributed by atoms with Crippen molar-refractivity contribution < 1.29 is 9.13 Å². The maximum Gasteiger partial charge on any atom is 0.167 e. The number of nitrogens with one attached hydrogen (secondary N) is 1. The summed E-state index contributed by atoms with van der Waals surface area (Å²) in [6.45, 7) is 9.42. The molecule has 0 heterocycles. The molecule has 1 atom stereocenters. The van der Waals surface area contributed by atoms with Gasteiger partial charge < -0.3 is 10.1 Å². The molecule has 0 aliphatic heterocycles. The highest BCUT2D eigenvalue weighted by atomic mass is 19.1. The lowest BCUT2D eigenvalue weighted by Gasteiger charge is -2.17. The third-order valence-electron chi connectivity index (χ3n) is 2.98. The molecule has 0 bridgehead atoms. The molecule has 96 valence electrons. The van der Waals surface area contributed by atoms with Crippen molar-refractivity contribution in [1.29, 1.82) is 0 Å². The van der Waals surface area contributed by atoms with Gasteiger partial charge in [0.05, 0.1) is 0 Å². The van der Waals surface area contributed by atoms with Gasteiger partial charge in [0, 0.05) is 12.6 Å². The Morgan fingerprint density at radius 2 is 2.00 bits per heavy atom. The minimum Gasteiger partial charge on any atom is -0.489 e. The predicted octanol–water partition coefficient (Wildman–Crippen LogP) is 3.15. The zero-order chi connectivity index (χ0) is 12.8. The van der Waals surface area contributed by atoms with E-state index in [0.717, 1.165) is 6.54 Å². The van der Waals surface area contributed by atoms with Crippen LogP contribution in [0.25, 0.3) is 0 Å². The van der Waals surface area contributed by atoms with Gasteiger partial charge in [0.2, 0.25) is 0 Å². The Kier molecular flexibility index (Phi) is 5.42. The van der Waals surface area contributed by atoms with Crippen molar-refractivity contribution in [3.63, 3.8) is 0 Å². The maximum atomic E-state index is 13.6. The molecule has 0 radical (unpaired) electrons. The molecule has 0 fully saturated rings. The SMILES string of the molecule is Cc1cccc(OCCNC(C)C(C)C)c1F. The normalized spacial score (nSPS) is 12.8. The van der Waals surface area contributed by atoms with Crippen LogP contribution in [0.3, 0.4) is 0 Å². The number of ether oxygens (including phenoxy) is 1. The Bertz CT molecular complexity index is 352. The van der Waals surface area contributed by atoms with Crippen LogP contribution < -0.4 is 10.1 Å². The Morgan fingerprint density at radius 3 is 2.65 bits per heavy atom. The summed E-state index contributed by atoms with van der Waals surface area (Å²) in [7, 11) is 0. The van der Waals surface area contributed by atoms with Crippen molar-refractivity contribution in [1.82, 2.24) is 5.32 Å². The van der Waals surface area contributed by atoms with Crippen LogP contribution in [0, 0.1) is 18.7 Å². The molecule has 2 nitrogen and oxygen atoms in total. The highest BCUT2D eigenvalue weighted by molar-refractivity contribution is 5.29. The monoisotopic (exact) mass is 239 g/mol. The lowest BCUT2D eigenvalue weighted by molar-refractivity contribution is 0.284. The molecule has 0 saturated carbocycles. The zero-order valence-corrected chi connectivity index (χ0v) is 11.1. The molecule has 3 heteroatoms. The van der Waals surface area contributed by atoms with Crippen LogP contribution in [0.15, 0.2) is 18.2 Å². The molecular weight excluding hydrogens is 217 g/mol. The van der Waals surface area contributed by atoms with Gasteiger partial charge in [-0.3, -0.25) is 0 Å². The summed E-state index contributed by atoms with van der Waals surface area (Å²) in [6, 6.07) is 5.65. The van der Waals surface area contributed by atoms with Crippen molar-refractivity contribution in [2.45, 2.75) is 33.7 Å². The van der Waals surface area contributed by atoms with Crippen molar-refractivity contribution in [2.24, 2.45) is 5.92 Å². The first-order valence-electron chi connectivity index (χ1n) is 6.13. The number of rotatable bonds is 6. The van der Waals surface area contributed by atoms with Crippen LogP contribution in [-0.4, -0.2) is 19.2 Å². The Labute approximate surface area is 103 Å². The fraction of sp³-hybridized carbons (Fsp3) is 0.571. The Hall–Kier alpha value is -1.09. The van der Waals surface area contributed by atoms with E-state index in [1.165, 1.54) is 0 Å². The molecule has 0 saturated heterocycles. The average Bonchev–Trinajstić information content (AvgIpc) is 2.29. The highest BCUT2D eigenvalue weighted by Gasteiger charge is 2.07. The average molecular weight is 239 g/mol. The van der Waals surface area contributed by atoms with E-state index in [4.69, 9.17) is 4.74 Å². The van der Waals surface area contributed by atoms with E-state index in [1.807, 2.05) is 0 Å². The number of halogens is 1. The van der Waals surface area contributed by atoms with E-state index in [9.17, 15) is 4.39 Å². The lowest BCUT2D eigenvalue weighted by Crippen LogP contribution is -2.33. The van der Waals surface area contributed by atoms with E-state index in [0.29, 0.717) is 29.9 Å². The quantitative estimate of drug-likeness (QED) is 0.770. The lowest BCUT2D eigenvalue weighted by atomic mass is 10.1. The topological polar surface area (TPSA) is 21.3 Å². The number of aryl methyl sites for hydroxylation is 1. The van der Waals surface area contributed by atoms with E-state index in [2.05, 4.69) is 26.1 Å². The third-order valence-corrected chi connectivity index (χ3v) is 2.98. The van der Waals surface area contributed by atoms with E-state index in [1.54, 1.807) is 25.1 Å². The van der Waals surface area contributed by atoms with Crippen LogP contribution >= 0.6 is 0 Å². The maximum absolute atomic E-state index is 13.6. The van der Waals surface area contributed by atoms with Gasteiger partial charge in [0.25, 0.3) is 0 Å². The molecule has 0 aliphatic rings. The van der Waals surface area contributed by atoms with Crippen LogP contribution in [0.1, 0.15) is 26.3 Å². The van der Waals surface area contributed by atoms with E-state index >= 15 is 0 Å². The Balaban J connectivity index is 2.34. The van der Waals surface area contributed by atoms with Gasteiger partial charge in [-0.2, -0.15) is 0 Å². The molecular formula is C14H22FNO. The number of hydrogen-bond donors (Lipinski definition) is 1. The van der Waals surface area contributed by atoms with Gasteiger partial charge in [-0.1, -0.05) is 26.0 Å². The molecule has 0 aliphatic carbocycles. The molecule has 0 spiro atoms. The molecule has 1 aromatic carbocycles. The Morgan fingerprint density at radius 1 is 1.29 bits per heavy atom. The molecule has 1 rings (SSSR count). The molecule has 17 heavy (non-hydrogen) atoms. The summed E-state index contributed by atoms with van der Waals surface area (Å²) in [5, 5.41) is 3.34. The third kappa shape index (κ3) is 4.35. The van der Waals surface area contributed by atoms with Crippen LogP contribution in [0.5, 0.6) is 5.75 Å². The minimum atomic E-state index is -0.260. The van der Waals surface area contributed by atoms with Crippen molar-refractivity contribution in [2.75, 3.05) is 13.2 Å². The van der Waals surface area contributed by atoms with Gasteiger partial charge in [-0.05, 0) is 31.4 Å². The largest absolute Gasteiger partial charge is 0.489 e. The fourth-order valence-corrected chi connectivity index (χ4v) is 1.42. The summed E-state index contributed by atoms with van der Waals surface area (Å²) < 4.78 is 19.0. The summed E-state index contributed by atoms with van der Waals surface area (Å²) in [5.41, 5.74) is 0.617. The van der Waals surface area contributed by atoms with Crippen LogP contribution in [0.2, 0.25) is 0 Å². The second-order valence-corrected chi connectivity index (χ2v) is 4.72. The van der Waals surface area contributed by atoms with Crippen LogP contribution in [0.4, 0.5) is 4.39 Å². The van der Waals surface area contributed by atoms with E-state index in [-0.39, 0.29) is 5.82 Å². The van der Waals surface area contributed by atoms with Gasteiger partial charge in [-0.15, -0.1) is 0 Å².